The van der Waals surface area contributed by atoms with Crippen molar-refractivity contribution in [2.45, 2.75) is 207 Å². The van der Waals surface area contributed by atoms with Gasteiger partial charge in [-0.15, -0.1) is 0 Å². The Kier molecular flexibility index (Phi) is 13.8. The van der Waals surface area contributed by atoms with Crippen LogP contribution in [0.4, 0.5) is 0 Å². The Bertz CT molecular complexity index is 1150. The van der Waals surface area contributed by atoms with Gasteiger partial charge in [0.1, 0.15) is 0 Å². The summed E-state index contributed by atoms with van der Waals surface area (Å²) < 4.78 is 20.7. The Morgan fingerprint density at radius 3 is 1.78 bits per heavy atom. The summed E-state index contributed by atoms with van der Waals surface area (Å²) in [6, 6.07) is 0. The summed E-state index contributed by atoms with van der Waals surface area (Å²) in [6.45, 7) is 46.2. The molecule has 3 rings (SSSR count). The fourth-order valence-electron chi connectivity index (χ4n) is 8.22. The number of fused-ring (bicyclic) bond motifs is 1. The molecule has 0 aromatic rings. The van der Waals surface area contributed by atoms with Crippen molar-refractivity contribution >= 4 is 25.0 Å². The average molecular weight is 731 g/mol. The topological polar surface area (TPSA) is 27.7 Å². The summed E-state index contributed by atoms with van der Waals surface area (Å²) >= 11 is 0. The molecular weight excluding hydrogens is 649 g/mol. The lowest BCUT2D eigenvalue weighted by atomic mass is 9.60. The molecular formula is C43H82O3Si3. The van der Waals surface area contributed by atoms with Crippen LogP contribution >= 0.6 is 0 Å². The summed E-state index contributed by atoms with van der Waals surface area (Å²) in [5, 5.41) is 0.614. The molecule has 0 radical (unpaired) electrons. The molecule has 0 aromatic heterocycles. The lowest BCUT2D eigenvalue weighted by Crippen LogP contribution is -2.49. The zero-order valence-electron chi connectivity index (χ0n) is 35.8. The Labute approximate surface area is 309 Å². The van der Waals surface area contributed by atoms with E-state index in [4.69, 9.17) is 13.3 Å². The van der Waals surface area contributed by atoms with Crippen LogP contribution in [0.3, 0.4) is 0 Å². The third-order valence-corrected chi connectivity index (χ3v) is 28.3. The van der Waals surface area contributed by atoms with Gasteiger partial charge in [-0.2, -0.15) is 0 Å². The normalized spacial score (nSPS) is 30.3. The highest BCUT2D eigenvalue weighted by Crippen LogP contribution is 2.60. The molecule has 3 saturated carbocycles. The van der Waals surface area contributed by atoms with Gasteiger partial charge in [0.2, 0.25) is 0 Å². The van der Waals surface area contributed by atoms with Crippen LogP contribution in [0.5, 0.6) is 0 Å². The standard InChI is InChI=1S/C43H82O3Si3/c1-32(22-19-20-29-44-47(13,14)40(3,4)5)36-26-27-37-35(23-21-28-43(36,37)12)25-24-34-30-38(45-48(15,16)41(6,7)8)33(2)39(31-34)46-49(17,18)42(9,10)11/h24-25,32,36-39H,2,19-23,26-31H2,1,3-18H3/b34-24?,35-25+/t32-,36-,37+,38-,39?,43-/m1/s1. The van der Waals surface area contributed by atoms with Crippen molar-refractivity contribution in [1.82, 2.24) is 0 Å². The van der Waals surface area contributed by atoms with Crippen molar-refractivity contribution in [1.29, 1.82) is 0 Å². The first kappa shape index (κ1) is 43.2. The molecule has 0 aromatic carbocycles. The first-order chi connectivity index (χ1) is 22.1. The van der Waals surface area contributed by atoms with Crippen molar-refractivity contribution in [3.63, 3.8) is 0 Å². The lowest BCUT2D eigenvalue weighted by Gasteiger charge is -2.46. The highest BCUT2D eigenvalue weighted by Gasteiger charge is 2.51. The van der Waals surface area contributed by atoms with Crippen molar-refractivity contribution in [3.8, 4) is 0 Å². The zero-order chi connectivity index (χ0) is 37.4. The Hall–Kier alpha value is -0.249. The van der Waals surface area contributed by atoms with Crippen LogP contribution in [0.25, 0.3) is 0 Å². The van der Waals surface area contributed by atoms with Gasteiger partial charge in [-0.25, -0.2) is 0 Å². The van der Waals surface area contributed by atoms with Crippen LogP contribution in [0.1, 0.15) is 140 Å². The minimum atomic E-state index is -1.97. The molecule has 0 saturated heterocycles. The van der Waals surface area contributed by atoms with Gasteiger partial charge in [0.25, 0.3) is 0 Å². The first-order valence-electron chi connectivity index (χ1n) is 20.2. The SMILES string of the molecule is C=C1C(O[Si](C)(C)C(C)(C)C)CC(=C/C=C2\CCC[C@]3(C)[C@@H]([C@H](C)CCCCO[Si](C)(C)C(C)(C)C)CC[C@@H]23)C[C@H]1O[Si](C)(C)C(C)(C)C. The second kappa shape index (κ2) is 15.6. The molecule has 0 bridgehead atoms. The smallest absolute Gasteiger partial charge is 0.192 e. The molecule has 0 heterocycles. The lowest BCUT2D eigenvalue weighted by molar-refractivity contribution is 0.0926. The summed E-state index contributed by atoms with van der Waals surface area (Å²) in [5.41, 5.74) is 4.81. The van der Waals surface area contributed by atoms with E-state index in [9.17, 15) is 0 Å². The molecule has 1 unspecified atom stereocenters. The maximum atomic E-state index is 7.12. The Morgan fingerprint density at radius 2 is 1.29 bits per heavy atom. The summed E-state index contributed by atoms with van der Waals surface area (Å²) in [6.07, 6.45) is 17.6. The maximum Gasteiger partial charge on any atom is 0.192 e. The molecule has 3 fully saturated rings. The van der Waals surface area contributed by atoms with Crippen molar-refractivity contribution in [3.05, 3.63) is 35.5 Å². The van der Waals surface area contributed by atoms with Gasteiger partial charge in [0, 0.05) is 6.61 Å². The van der Waals surface area contributed by atoms with E-state index in [0.29, 0.717) is 10.5 Å². The minimum Gasteiger partial charge on any atom is -0.417 e. The molecule has 3 aliphatic rings. The highest BCUT2D eigenvalue weighted by molar-refractivity contribution is 6.75. The highest BCUT2D eigenvalue weighted by atomic mass is 28.4. The molecule has 3 aliphatic carbocycles. The predicted molar refractivity (Wildman–Crippen MR) is 223 cm³/mol. The van der Waals surface area contributed by atoms with Crippen molar-refractivity contribution < 1.29 is 13.3 Å². The van der Waals surface area contributed by atoms with Crippen LogP contribution in [-0.4, -0.2) is 43.8 Å². The first-order valence-corrected chi connectivity index (χ1v) is 28.9. The van der Waals surface area contributed by atoms with Crippen molar-refractivity contribution in [2.24, 2.45) is 23.2 Å². The van der Waals surface area contributed by atoms with Crippen molar-refractivity contribution in [2.75, 3.05) is 6.61 Å². The fourth-order valence-corrected chi connectivity index (χ4v) is 11.9. The van der Waals surface area contributed by atoms with E-state index in [1.54, 1.807) is 5.57 Å². The van der Waals surface area contributed by atoms with E-state index in [1.165, 1.54) is 62.5 Å². The fraction of sp³-hybridized carbons (Fsp3) is 0.860. The van der Waals surface area contributed by atoms with Crippen LogP contribution in [0, 0.1) is 23.2 Å². The number of allylic oxidation sites excluding steroid dienone is 3. The third-order valence-electron chi connectivity index (χ3n) is 14.8. The molecule has 284 valence electrons. The van der Waals surface area contributed by atoms with Crippen LogP contribution in [-0.2, 0) is 13.3 Å². The average Bonchev–Trinajstić information content (AvgIpc) is 3.29. The quantitative estimate of drug-likeness (QED) is 0.114. The van der Waals surface area contributed by atoms with Crippen LogP contribution < -0.4 is 0 Å². The van der Waals surface area contributed by atoms with E-state index in [0.717, 1.165) is 37.2 Å². The molecule has 6 atom stereocenters. The second-order valence-electron chi connectivity index (χ2n) is 21.5. The third kappa shape index (κ3) is 10.2. The number of rotatable bonds is 12. The van der Waals surface area contributed by atoms with Crippen LogP contribution in [0.15, 0.2) is 35.5 Å². The summed E-state index contributed by atoms with van der Waals surface area (Å²) in [4.78, 5) is 0. The molecule has 6 heteroatoms. The van der Waals surface area contributed by atoms with E-state index in [-0.39, 0.29) is 22.3 Å². The molecule has 0 aliphatic heterocycles. The van der Waals surface area contributed by atoms with Gasteiger partial charge in [-0.3, -0.25) is 0 Å². The Morgan fingerprint density at radius 1 is 0.776 bits per heavy atom. The summed E-state index contributed by atoms with van der Waals surface area (Å²) in [5.74, 6) is 2.34. The van der Waals surface area contributed by atoms with Gasteiger partial charge in [0.15, 0.2) is 25.0 Å². The second-order valence-corrected chi connectivity index (χ2v) is 35.8. The van der Waals surface area contributed by atoms with E-state index < -0.39 is 25.0 Å². The number of unbranched alkanes of at least 4 members (excludes halogenated alkanes) is 1. The molecule has 0 amide bonds. The summed E-state index contributed by atoms with van der Waals surface area (Å²) in [7, 11) is -5.59. The number of hydrogen-bond acceptors (Lipinski definition) is 3. The maximum absolute atomic E-state index is 7.12. The molecule has 3 nitrogen and oxygen atoms in total. The predicted octanol–water partition coefficient (Wildman–Crippen LogP) is 14.0. The Balaban J connectivity index is 1.76. The van der Waals surface area contributed by atoms with Crippen LogP contribution in [0.2, 0.25) is 54.4 Å². The molecule has 49 heavy (non-hydrogen) atoms. The van der Waals surface area contributed by atoms with E-state index >= 15 is 0 Å². The van der Waals surface area contributed by atoms with Gasteiger partial charge in [-0.1, -0.05) is 119 Å². The van der Waals surface area contributed by atoms with Gasteiger partial charge < -0.3 is 13.3 Å². The minimum absolute atomic E-state index is 0.0367. The largest absolute Gasteiger partial charge is 0.417 e. The van der Waals surface area contributed by atoms with Gasteiger partial charge >= 0.3 is 0 Å². The van der Waals surface area contributed by atoms with E-state index in [1.807, 2.05) is 0 Å². The molecule has 0 spiro atoms. The van der Waals surface area contributed by atoms with Gasteiger partial charge in [0.05, 0.1) is 12.2 Å². The zero-order valence-corrected chi connectivity index (χ0v) is 38.8. The van der Waals surface area contributed by atoms with E-state index in [2.05, 4.69) is 134 Å². The van der Waals surface area contributed by atoms with Gasteiger partial charge in [-0.05, 0) is 135 Å². The monoisotopic (exact) mass is 731 g/mol. The molecule has 0 N–H and O–H groups in total. The number of hydrogen-bond donors (Lipinski definition) is 0.